The van der Waals surface area contributed by atoms with Crippen molar-refractivity contribution >= 4 is 0 Å². The van der Waals surface area contributed by atoms with Crippen LogP contribution < -0.4 is 0 Å². The van der Waals surface area contributed by atoms with Crippen LogP contribution >= 0.6 is 0 Å². The standard InChI is InChI=1S/C8H16O3/c1-5(2)8-3-6(9)7(10)4-11-8/h5-10H,3-4H2,1-2H3/t6-,7-,8+/m1/s1. The van der Waals surface area contributed by atoms with Crippen LogP contribution in [0.25, 0.3) is 0 Å². The quantitative estimate of drug-likeness (QED) is 0.574. The molecule has 2 N–H and O–H groups in total. The first-order valence-electron chi connectivity index (χ1n) is 4.09. The van der Waals surface area contributed by atoms with Crippen LogP contribution in [0.4, 0.5) is 0 Å². The molecule has 3 heteroatoms. The van der Waals surface area contributed by atoms with Gasteiger partial charge in [-0.05, 0) is 5.92 Å². The van der Waals surface area contributed by atoms with E-state index in [4.69, 9.17) is 9.84 Å². The van der Waals surface area contributed by atoms with Crippen molar-refractivity contribution in [2.75, 3.05) is 6.61 Å². The van der Waals surface area contributed by atoms with Crippen LogP contribution in [-0.2, 0) is 4.74 Å². The first kappa shape index (κ1) is 8.97. The second kappa shape index (κ2) is 3.52. The first-order valence-corrected chi connectivity index (χ1v) is 4.09. The highest BCUT2D eigenvalue weighted by Gasteiger charge is 2.29. The summed E-state index contributed by atoms with van der Waals surface area (Å²) in [6, 6.07) is 0. The second-order valence-electron chi connectivity index (χ2n) is 3.49. The van der Waals surface area contributed by atoms with Crippen molar-refractivity contribution < 1.29 is 14.9 Å². The minimum atomic E-state index is -0.690. The molecular weight excluding hydrogens is 144 g/mol. The van der Waals surface area contributed by atoms with E-state index in [1.54, 1.807) is 0 Å². The number of hydrogen-bond acceptors (Lipinski definition) is 3. The Morgan fingerprint density at radius 3 is 2.36 bits per heavy atom. The average Bonchev–Trinajstić information content (AvgIpc) is 1.94. The lowest BCUT2D eigenvalue weighted by Gasteiger charge is -2.32. The zero-order valence-corrected chi connectivity index (χ0v) is 7.03. The Morgan fingerprint density at radius 2 is 1.91 bits per heavy atom. The molecule has 1 aliphatic heterocycles. The van der Waals surface area contributed by atoms with Crippen LogP contribution in [0.5, 0.6) is 0 Å². The van der Waals surface area contributed by atoms with Gasteiger partial charge in [-0.15, -0.1) is 0 Å². The molecule has 0 aromatic rings. The van der Waals surface area contributed by atoms with Gasteiger partial charge in [-0.1, -0.05) is 13.8 Å². The Bertz CT molecular complexity index is 125. The monoisotopic (exact) mass is 160 g/mol. The Balaban J connectivity index is 2.40. The van der Waals surface area contributed by atoms with Crippen molar-refractivity contribution in [1.82, 2.24) is 0 Å². The molecule has 0 aliphatic carbocycles. The molecule has 3 atom stereocenters. The summed E-state index contributed by atoms with van der Waals surface area (Å²) in [6.07, 6.45) is -0.631. The lowest BCUT2D eigenvalue weighted by Crippen LogP contribution is -2.42. The summed E-state index contributed by atoms with van der Waals surface area (Å²) in [4.78, 5) is 0. The highest BCUT2D eigenvalue weighted by molar-refractivity contribution is 4.78. The van der Waals surface area contributed by atoms with Gasteiger partial charge < -0.3 is 14.9 Å². The summed E-state index contributed by atoms with van der Waals surface area (Å²) in [5, 5.41) is 18.4. The van der Waals surface area contributed by atoms with E-state index < -0.39 is 12.2 Å². The maximum absolute atomic E-state index is 9.27. The van der Waals surface area contributed by atoms with Gasteiger partial charge in [0.05, 0.1) is 18.8 Å². The lowest BCUT2D eigenvalue weighted by atomic mass is 9.96. The number of ether oxygens (including phenoxy) is 1. The minimum absolute atomic E-state index is 0.105. The molecule has 0 radical (unpaired) electrons. The Morgan fingerprint density at radius 1 is 1.27 bits per heavy atom. The van der Waals surface area contributed by atoms with Crippen molar-refractivity contribution in [3.63, 3.8) is 0 Å². The van der Waals surface area contributed by atoms with E-state index in [0.717, 1.165) is 0 Å². The fourth-order valence-electron chi connectivity index (χ4n) is 1.26. The van der Waals surface area contributed by atoms with Gasteiger partial charge in [0.25, 0.3) is 0 Å². The number of aliphatic hydroxyl groups is 2. The molecule has 0 aromatic carbocycles. The number of rotatable bonds is 1. The van der Waals surface area contributed by atoms with Crippen molar-refractivity contribution in [1.29, 1.82) is 0 Å². The van der Waals surface area contributed by atoms with Gasteiger partial charge in [-0.25, -0.2) is 0 Å². The predicted molar refractivity (Wildman–Crippen MR) is 41.2 cm³/mol. The Labute approximate surface area is 67.0 Å². The van der Waals surface area contributed by atoms with E-state index in [1.807, 2.05) is 0 Å². The van der Waals surface area contributed by atoms with E-state index in [0.29, 0.717) is 12.3 Å². The second-order valence-corrected chi connectivity index (χ2v) is 3.49. The topological polar surface area (TPSA) is 49.7 Å². The largest absolute Gasteiger partial charge is 0.390 e. The van der Waals surface area contributed by atoms with Crippen molar-refractivity contribution in [2.24, 2.45) is 5.92 Å². The van der Waals surface area contributed by atoms with E-state index in [1.165, 1.54) is 0 Å². The van der Waals surface area contributed by atoms with Gasteiger partial charge in [0.1, 0.15) is 6.10 Å². The fraction of sp³-hybridized carbons (Fsp3) is 1.00. The summed E-state index contributed by atoms with van der Waals surface area (Å²) in [5.41, 5.74) is 0. The molecule has 1 fully saturated rings. The third-order valence-corrected chi connectivity index (χ3v) is 2.14. The van der Waals surface area contributed by atoms with Crippen LogP contribution in [0.1, 0.15) is 20.3 Å². The van der Waals surface area contributed by atoms with Crippen molar-refractivity contribution in [3.05, 3.63) is 0 Å². The molecule has 3 nitrogen and oxygen atoms in total. The van der Waals surface area contributed by atoms with E-state index in [2.05, 4.69) is 13.8 Å². The minimum Gasteiger partial charge on any atom is -0.390 e. The molecule has 1 heterocycles. The van der Waals surface area contributed by atoms with Gasteiger partial charge in [0, 0.05) is 6.42 Å². The van der Waals surface area contributed by atoms with Gasteiger partial charge in [0.2, 0.25) is 0 Å². The maximum Gasteiger partial charge on any atom is 0.103 e. The fourth-order valence-corrected chi connectivity index (χ4v) is 1.26. The molecule has 0 spiro atoms. The molecule has 1 saturated heterocycles. The molecule has 0 saturated carbocycles. The van der Waals surface area contributed by atoms with Gasteiger partial charge >= 0.3 is 0 Å². The van der Waals surface area contributed by atoms with E-state index in [-0.39, 0.29) is 12.7 Å². The lowest BCUT2D eigenvalue weighted by molar-refractivity contribution is -0.132. The van der Waals surface area contributed by atoms with Gasteiger partial charge in [-0.2, -0.15) is 0 Å². The van der Waals surface area contributed by atoms with Crippen LogP contribution in [0, 0.1) is 5.92 Å². The molecule has 11 heavy (non-hydrogen) atoms. The van der Waals surface area contributed by atoms with Crippen LogP contribution in [0.15, 0.2) is 0 Å². The van der Waals surface area contributed by atoms with Crippen molar-refractivity contribution in [3.8, 4) is 0 Å². The molecule has 0 unspecified atom stereocenters. The first-order chi connectivity index (χ1) is 5.11. The van der Waals surface area contributed by atoms with E-state index in [9.17, 15) is 5.11 Å². The third kappa shape index (κ3) is 2.15. The molecular formula is C8H16O3. The molecule has 0 amide bonds. The van der Waals surface area contributed by atoms with E-state index >= 15 is 0 Å². The maximum atomic E-state index is 9.27. The predicted octanol–water partition coefficient (Wildman–Crippen LogP) is 0.153. The van der Waals surface area contributed by atoms with Crippen LogP contribution in [-0.4, -0.2) is 35.1 Å². The number of aliphatic hydroxyl groups excluding tert-OH is 2. The van der Waals surface area contributed by atoms with Gasteiger partial charge in [-0.3, -0.25) is 0 Å². The molecule has 0 aromatic heterocycles. The average molecular weight is 160 g/mol. The van der Waals surface area contributed by atoms with Crippen LogP contribution in [0.2, 0.25) is 0 Å². The summed E-state index contributed by atoms with van der Waals surface area (Å²) in [7, 11) is 0. The third-order valence-electron chi connectivity index (χ3n) is 2.14. The summed E-state index contributed by atoms with van der Waals surface area (Å²) in [6.45, 7) is 4.37. The summed E-state index contributed by atoms with van der Waals surface area (Å²) in [5.74, 6) is 0.414. The smallest absolute Gasteiger partial charge is 0.103 e. The highest BCUT2D eigenvalue weighted by atomic mass is 16.5. The van der Waals surface area contributed by atoms with Crippen LogP contribution in [0.3, 0.4) is 0 Å². The Kier molecular flexibility index (Phi) is 2.87. The summed E-state index contributed by atoms with van der Waals surface area (Å²) >= 11 is 0. The summed E-state index contributed by atoms with van der Waals surface area (Å²) < 4.78 is 5.31. The molecule has 1 rings (SSSR count). The highest BCUT2D eigenvalue weighted by Crippen LogP contribution is 2.20. The normalized spacial score (nSPS) is 39.5. The number of hydrogen-bond donors (Lipinski definition) is 2. The zero-order chi connectivity index (χ0) is 8.43. The molecule has 66 valence electrons. The molecule has 0 bridgehead atoms. The molecule has 1 aliphatic rings. The van der Waals surface area contributed by atoms with Gasteiger partial charge in [0.15, 0.2) is 0 Å². The Hall–Kier alpha value is -0.120. The zero-order valence-electron chi connectivity index (χ0n) is 7.03. The SMILES string of the molecule is CC(C)[C@@H]1C[C@@H](O)[C@H](O)CO1. The van der Waals surface area contributed by atoms with Crippen molar-refractivity contribution in [2.45, 2.75) is 38.6 Å².